The number of carbonyl (C=O) groups is 1. The van der Waals surface area contributed by atoms with Crippen molar-refractivity contribution in [2.45, 2.75) is 57.9 Å². The molecule has 26 heavy (non-hydrogen) atoms. The first-order chi connectivity index (χ1) is 12.3. The SMILES string of the molecule is CCCc1ccc(CCCCCC(=O)N[C@H](CO)COP(=O)(O)O)cc1. The quantitative estimate of drug-likeness (QED) is 0.305. The number of carbonyl (C=O) groups excluding carboxylic acids is 1. The van der Waals surface area contributed by atoms with Gasteiger partial charge in [0.25, 0.3) is 0 Å². The van der Waals surface area contributed by atoms with E-state index in [1.54, 1.807) is 0 Å². The van der Waals surface area contributed by atoms with Gasteiger partial charge in [0.05, 0.1) is 19.3 Å². The first kappa shape index (κ1) is 22.8. The van der Waals surface area contributed by atoms with E-state index in [0.29, 0.717) is 6.42 Å². The number of phosphoric ester groups is 1. The van der Waals surface area contributed by atoms with Gasteiger partial charge in [-0.15, -0.1) is 0 Å². The molecule has 1 atom stereocenters. The summed E-state index contributed by atoms with van der Waals surface area (Å²) in [5, 5.41) is 11.6. The minimum atomic E-state index is -4.61. The van der Waals surface area contributed by atoms with E-state index in [1.807, 2.05) is 0 Å². The molecule has 8 heteroatoms. The Morgan fingerprint density at radius 2 is 1.73 bits per heavy atom. The minimum absolute atomic E-state index is 0.262. The molecule has 7 nitrogen and oxygen atoms in total. The van der Waals surface area contributed by atoms with Crippen molar-refractivity contribution in [3.05, 3.63) is 35.4 Å². The van der Waals surface area contributed by atoms with Crippen LogP contribution in [0.15, 0.2) is 24.3 Å². The molecule has 0 bridgehead atoms. The van der Waals surface area contributed by atoms with Crippen LogP contribution in [0, 0.1) is 0 Å². The highest BCUT2D eigenvalue weighted by Crippen LogP contribution is 2.35. The van der Waals surface area contributed by atoms with Crippen LogP contribution in [0.4, 0.5) is 0 Å². The standard InChI is InChI=1S/C18H30NO6P/c1-2-6-15-9-11-16(12-10-15)7-4-3-5-8-18(21)19-17(13-20)14-25-26(22,23)24/h9-12,17,20H,2-8,13-14H2,1H3,(H,19,21)(H2,22,23,24)/t17-/m1/s1. The maximum Gasteiger partial charge on any atom is 0.469 e. The number of phosphoric acid groups is 1. The maximum absolute atomic E-state index is 11.8. The number of rotatable bonds is 13. The lowest BCUT2D eigenvalue weighted by Crippen LogP contribution is -2.40. The van der Waals surface area contributed by atoms with Gasteiger partial charge in [-0.05, 0) is 36.8 Å². The van der Waals surface area contributed by atoms with Crippen LogP contribution in [0.3, 0.4) is 0 Å². The van der Waals surface area contributed by atoms with Crippen molar-refractivity contribution in [1.29, 1.82) is 0 Å². The fourth-order valence-electron chi connectivity index (χ4n) is 2.58. The van der Waals surface area contributed by atoms with Crippen LogP contribution < -0.4 is 5.32 Å². The van der Waals surface area contributed by atoms with Crippen molar-refractivity contribution < 1.29 is 28.8 Å². The predicted octanol–water partition coefficient (Wildman–Crippen LogP) is 2.33. The Kier molecular flexibility index (Phi) is 10.7. The third-order valence-electron chi connectivity index (χ3n) is 3.96. The topological polar surface area (TPSA) is 116 Å². The number of hydrogen-bond acceptors (Lipinski definition) is 4. The molecule has 0 aliphatic carbocycles. The van der Waals surface area contributed by atoms with Crippen molar-refractivity contribution in [3.63, 3.8) is 0 Å². The first-order valence-corrected chi connectivity index (χ1v) is 10.5. The summed E-state index contributed by atoms with van der Waals surface area (Å²) in [7, 11) is -4.61. The van der Waals surface area contributed by atoms with Crippen LogP contribution in [0.2, 0.25) is 0 Å². The second kappa shape index (κ2) is 12.2. The Labute approximate surface area is 155 Å². The summed E-state index contributed by atoms with van der Waals surface area (Å²) >= 11 is 0. The fourth-order valence-corrected chi connectivity index (χ4v) is 2.95. The van der Waals surface area contributed by atoms with E-state index in [1.165, 1.54) is 11.1 Å². The fraction of sp³-hybridized carbons (Fsp3) is 0.611. The number of aliphatic hydroxyl groups is 1. The van der Waals surface area contributed by atoms with E-state index < -0.39 is 27.1 Å². The van der Waals surface area contributed by atoms with Gasteiger partial charge >= 0.3 is 7.82 Å². The van der Waals surface area contributed by atoms with Crippen molar-refractivity contribution in [1.82, 2.24) is 5.32 Å². The van der Waals surface area contributed by atoms with Crippen LogP contribution in [-0.4, -0.2) is 40.1 Å². The Morgan fingerprint density at radius 1 is 1.12 bits per heavy atom. The van der Waals surface area contributed by atoms with Crippen LogP contribution in [-0.2, 0) is 26.7 Å². The maximum atomic E-state index is 11.8. The molecule has 0 spiro atoms. The Hall–Kier alpha value is -1.24. The number of benzene rings is 1. The number of unbranched alkanes of at least 4 members (excludes halogenated alkanes) is 2. The van der Waals surface area contributed by atoms with Gasteiger partial charge in [-0.1, -0.05) is 44.0 Å². The van der Waals surface area contributed by atoms with E-state index in [-0.39, 0.29) is 5.91 Å². The van der Waals surface area contributed by atoms with Gasteiger partial charge < -0.3 is 20.2 Å². The molecule has 0 fully saturated rings. The molecule has 4 N–H and O–H groups in total. The lowest BCUT2D eigenvalue weighted by Gasteiger charge is -2.16. The first-order valence-electron chi connectivity index (χ1n) is 9.02. The summed E-state index contributed by atoms with van der Waals surface area (Å²) in [6, 6.07) is 7.83. The molecule has 0 saturated carbocycles. The molecular formula is C18H30NO6P. The number of aryl methyl sites for hydroxylation is 2. The molecule has 0 aliphatic rings. The second-order valence-electron chi connectivity index (χ2n) is 6.36. The normalized spacial score (nSPS) is 12.8. The summed E-state index contributed by atoms with van der Waals surface area (Å²) in [6.07, 6.45) is 6.15. The lowest BCUT2D eigenvalue weighted by molar-refractivity contribution is -0.122. The number of hydrogen-bond donors (Lipinski definition) is 4. The molecular weight excluding hydrogens is 357 g/mol. The molecule has 1 rings (SSSR count). The van der Waals surface area contributed by atoms with Gasteiger partial charge in [-0.2, -0.15) is 0 Å². The van der Waals surface area contributed by atoms with Crippen LogP contribution >= 0.6 is 7.82 Å². The minimum Gasteiger partial charge on any atom is -0.394 e. The molecule has 0 saturated heterocycles. The Balaban J connectivity index is 2.17. The molecule has 1 amide bonds. The predicted molar refractivity (Wildman–Crippen MR) is 99.6 cm³/mol. The van der Waals surface area contributed by atoms with Crippen LogP contribution in [0.25, 0.3) is 0 Å². The summed E-state index contributed by atoms with van der Waals surface area (Å²) in [6.45, 7) is 1.29. The number of amides is 1. The van der Waals surface area contributed by atoms with Gasteiger partial charge in [0, 0.05) is 6.42 Å². The largest absolute Gasteiger partial charge is 0.469 e. The van der Waals surface area contributed by atoms with E-state index >= 15 is 0 Å². The highest BCUT2D eigenvalue weighted by atomic mass is 31.2. The van der Waals surface area contributed by atoms with Gasteiger partial charge in [0.2, 0.25) is 5.91 Å². The van der Waals surface area contributed by atoms with Gasteiger partial charge in [0.1, 0.15) is 0 Å². The molecule has 148 valence electrons. The van der Waals surface area contributed by atoms with E-state index in [4.69, 9.17) is 14.9 Å². The summed E-state index contributed by atoms with van der Waals surface area (Å²) in [5.74, 6) is -0.262. The Bertz CT molecular complexity index is 572. The smallest absolute Gasteiger partial charge is 0.394 e. The molecule has 0 unspecified atom stereocenters. The van der Waals surface area contributed by atoms with Crippen LogP contribution in [0.5, 0.6) is 0 Å². The van der Waals surface area contributed by atoms with E-state index in [9.17, 15) is 9.36 Å². The second-order valence-corrected chi connectivity index (χ2v) is 7.60. The van der Waals surface area contributed by atoms with E-state index in [2.05, 4.69) is 41.0 Å². The van der Waals surface area contributed by atoms with Crippen molar-refractivity contribution in [2.75, 3.05) is 13.2 Å². The van der Waals surface area contributed by atoms with E-state index in [0.717, 1.165) is 38.5 Å². The van der Waals surface area contributed by atoms with Gasteiger partial charge in [0.15, 0.2) is 0 Å². The summed E-state index contributed by atoms with van der Waals surface area (Å²) < 4.78 is 14.9. The van der Waals surface area contributed by atoms with Crippen molar-refractivity contribution in [2.24, 2.45) is 0 Å². The number of nitrogens with one attached hydrogen (secondary N) is 1. The molecule has 0 radical (unpaired) electrons. The average Bonchev–Trinajstić information content (AvgIpc) is 2.59. The number of aliphatic hydroxyl groups excluding tert-OH is 1. The average molecular weight is 387 g/mol. The monoisotopic (exact) mass is 387 g/mol. The highest BCUT2D eigenvalue weighted by Gasteiger charge is 2.19. The van der Waals surface area contributed by atoms with Gasteiger partial charge in [-0.3, -0.25) is 9.32 Å². The van der Waals surface area contributed by atoms with Crippen molar-refractivity contribution >= 4 is 13.7 Å². The molecule has 0 aromatic heterocycles. The molecule has 1 aromatic carbocycles. The van der Waals surface area contributed by atoms with Crippen LogP contribution in [0.1, 0.15) is 50.2 Å². The lowest BCUT2D eigenvalue weighted by atomic mass is 10.0. The van der Waals surface area contributed by atoms with Crippen molar-refractivity contribution in [3.8, 4) is 0 Å². The zero-order valence-electron chi connectivity index (χ0n) is 15.3. The molecule has 1 aromatic rings. The molecule has 0 aliphatic heterocycles. The third-order valence-corrected chi connectivity index (χ3v) is 4.45. The molecule has 0 heterocycles. The third kappa shape index (κ3) is 10.7. The summed E-state index contributed by atoms with van der Waals surface area (Å²) in [4.78, 5) is 29.1. The zero-order valence-corrected chi connectivity index (χ0v) is 16.2. The zero-order chi connectivity index (χ0) is 19.4. The Morgan fingerprint density at radius 3 is 2.27 bits per heavy atom. The van der Waals surface area contributed by atoms with Gasteiger partial charge in [-0.25, -0.2) is 4.57 Å². The highest BCUT2D eigenvalue weighted by molar-refractivity contribution is 7.46. The summed E-state index contributed by atoms with van der Waals surface area (Å²) in [5.41, 5.74) is 2.65.